The van der Waals surface area contributed by atoms with Crippen LogP contribution < -0.4 is 4.90 Å². The van der Waals surface area contributed by atoms with Crippen molar-refractivity contribution >= 4 is 16.8 Å². The first-order valence-electron chi connectivity index (χ1n) is 12.8. The highest BCUT2D eigenvalue weighted by molar-refractivity contribution is 5.81. The van der Waals surface area contributed by atoms with Gasteiger partial charge in [0.25, 0.3) is 0 Å². The van der Waals surface area contributed by atoms with Crippen molar-refractivity contribution in [3.05, 3.63) is 60.2 Å². The van der Waals surface area contributed by atoms with Gasteiger partial charge in [0.2, 0.25) is 0 Å². The van der Waals surface area contributed by atoms with Gasteiger partial charge in [-0.1, -0.05) is 18.2 Å². The van der Waals surface area contributed by atoms with Crippen molar-refractivity contribution in [2.24, 2.45) is 0 Å². The molecule has 7 heteroatoms. The Hall–Kier alpha value is -2.74. The summed E-state index contributed by atoms with van der Waals surface area (Å²) in [4.78, 5) is 7.16. The Balaban J connectivity index is 1.36. The van der Waals surface area contributed by atoms with Gasteiger partial charge in [-0.05, 0) is 56.5 Å². The maximum atomic E-state index is 15.3. The number of rotatable bonds is 7. The van der Waals surface area contributed by atoms with Crippen LogP contribution in [0.25, 0.3) is 22.2 Å². The molecule has 2 aliphatic rings. The second-order valence-corrected chi connectivity index (χ2v) is 9.76. The lowest BCUT2D eigenvalue weighted by atomic mass is 9.96. The average Bonchev–Trinajstić information content (AvgIpc) is 3.32. The lowest BCUT2D eigenvalue weighted by molar-refractivity contribution is 0.0326. The number of piperazine rings is 1. The smallest absolute Gasteiger partial charge is 0.131 e. The van der Waals surface area contributed by atoms with Crippen LogP contribution in [0.3, 0.4) is 0 Å². The van der Waals surface area contributed by atoms with Crippen molar-refractivity contribution in [1.82, 2.24) is 19.4 Å². The molecule has 4 heterocycles. The van der Waals surface area contributed by atoms with Crippen LogP contribution in [0.2, 0.25) is 0 Å². The Morgan fingerprint density at radius 1 is 1.03 bits per heavy atom. The quantitative estimate of drug-likeness (QED) is 0.491. The highest BCUT2D eigenvalue weighted by Crippen LogP contribution is 2.32. The molecule has 0 amide bonds. The summed E-state index contributed by atoms with van der Waals surface area (Å²) in [6.07, 6.45) is 6.96. The van der Waals surface area contributed by atoms with Gasteiger partial charge in [0, 0.05) is 75.4 Å². The molecule has 0 N–H and O–H groups in total. The Bertz CT molecular complexity index is 1200. The summed E-state index contributed by atoms with van der Waals surface area (Å²) in [5, 5.41) is 4.50. The molecule has 186 valence electrons. The molecule has 5 rings (SSSR count). The molecular weight excluding hydrogens is 441 g/mol. The predicted octanol–water partition coefficient (Wildman–Crippen LogP) is 4.75. The van der Waals surface area contributed by atoms with Crippen molar-refractivity contribution in [2.45, 2.75) is 33.2 Å². The molecule has 1 aromatic carbocycles. The second kappa shape index (κ2) is 10.5. The van der Waals surface area contributed by atoms with Gasteiger partial charge in [-0.3, -0.25) is 9.80 Å². The van der Waals surface area contributed by atoms with E-state index in [1.165, 1.54) is 5.57 Å². The third kappa shape index (κ3) is 5.13. The van der Waals surface area contributed by atoms with Gasteiger partial charge in [0.05, 0.1) is 17.9 Å². The summed E-state index contributed by atoms with van der Waals surface area (Å²) < 4.78 is 22.8. The van der Waals surface area contributed by atoms with E-state index in [0.717, 1.165) is 74.6 Å². The van der Waals surface area contributed by atoms with Crippen LogP contribution in [-0.2, 0) is 4.74 Å². The SMILES string of the molecule is CCOCN1CCN(c2ccnn3cc(-c4ccc(C5=CCN(C(C)C)CC5)cc4F)cc23)CC1. The molecule has 0 aliphatic carbocycles. The highest BCUT2D eigenvalue weighted by atomic mass is 19.1. The van der Waals surface area contributed by atoms with Gasteiger partial charge in [0.1, 0.15) is 5.82 Å². The molecule has 0 spiro atoms. The van der Waals surface area contributed by atoms with E-state index in [4.69, 9.17) is 4.74 Å². The molecule has 0 atom stereocenters. The average molecular weight is 478 g/mol. The molecule has 0 saturated carbocycles. The molecule has 2 aromatic heterocycles. The molecule has 35 heavy (non-hydrogen) atoms. The summed E-state index contributed by atoms with van der Waals surface area (Å²) in [5.74, 6) is -0.184. The Labute approximate surface area is 207 Å². The maximum Gasteiger partial charge on any atom is 0.131 e. The normalized spacial score (nSPS) is 18.0. The minimum absolute atomic E-state index is 0.184. The van der Waals surface area contributed by atoms with E-state index in [2.05, 4.69) is 57.9 Å². The number of halogens is 1. The third-order valence-electron chi connectivity index (χ3n) is 7.30. The van der Waals surface area contributed by atoms with E-state index in [1.54, 1.807) is 6.07 Å². The molecule has 1 saturated heterocycles. The van der Waals surface area contributed by atoms with Crippen molar-refractivity contribution < 1.29 is 9.13 Å². The van der Waals surface area contributed by atoms with Crippen molar-refractivity contribution in [1.29, 1.82) is 0 Å². The first kappa shape index (κ1) is 24.0. The van der Waals surface area contributed by atoms with Crippen LogP contribution in [0.4, 0.5) is 10.1 Å². The Morgan fingerprint density at radius 3 is 2.54 bits per heavy atom. The minimum Gasteiger partial charge on any atom is -0.367 e. The fraction of sp³-hybridized carbons (Fsp3) is 0.464. The van der Waals surface area contributed by atoms with Crippen LogP contribution >= 0.6 is 0 Å². The fourth-order valence-electron chi connectivity index (χ4n) is 5.12. The second-order valence-electron chi connectivity index (χ2n) is 9.76. The summed E-state index contributed by atoms with van der Waals surface area (Å²) in [7, 11) is 0. The van der Waals surface area contributed by atoms with E-state index in [0.29, 0.717) is 18.3 Å². The first-order chi connectivity index (χ1) is 17.0. The van der Waals surface area contributed by atoms with Gasteiger partial charge in [0.15, 0.2) is 0 Å². The summed E-state index contributed by atoms with van der Waals surface area (Å²) in [6, 6.07) is 10.3. The number of anilines is 1. The van der Waals surface area contributed by atoms with E-state index < -0.39 is 0 Å². The number of aromatic nitrogens is 2. The van der Waals surface area contributed by atoms with Gasteiger partial charge >= 0.3 is 0 Å². The first-order valence-corrected chi connectivity index (χ1v) is 12.8. The standard InChI is InChI=1S/C28H36FN5O/c1-4-35-20-31-13-15-33(16-14-31)27-7-10-30-34-19-24(18-28(27)34)25-6-5-23(17-26(25)29)22-8-11-32(12-9-22)21(2)3/h5-8,10,17-19,21H,4,9,11-16,20H2,1-3H3. The summed E-state index contributed by atoms with van der Waals surface area (Å²) >= 11 is 0. The Kier molecular flexibility index (Phi) is 7.18. The third-order valence-corrected chi connectivity index (χ3v) is 7.30. The van der Waals surface area contributed by atoms with Gasteiger partial charge < -0.3 is 9.64 Å². The molecular formula is C28H36FN5O. The van der Waals surface area contributed by atoms with Gasteiger partial charge in [-0.2, -0.15) is 5.10 Å². The zero-order valence-corrected chi connectivity index (χ0v) is 21.1. The van der Waals surface area contributed by atoms with Gasteiger partial charge in [-0.25, -0.2) is 8.91 Å². The lowest BCUT2D eigenvalue weighted by Crippen LogP contribution is -2.47. The summed E-state index contributed by atoms with van der Waals surface area (Å²) in [6.45, 7) is 13.6. The van der Waals surface area contributed by atoms with E-state index >= 15 is 4.39 Å². The number of benzene rings is 1. The number of fused-ring (bicyclic) bond motifs is 1. The van der Waals surface area contributed by atoms with Crippen LogP contribution in [-0.4, -0.2) is 78.1 Å². The Morgan fingerprint density at radius 2 is 1.86 bits per heavy atom. The monoisotopic (exact) mass is 477 g/mol. The lowest BCUT2D eigenvalue weighted by Gasteiger charge is -2.35. The predicted molar refractivity (Wildman–Crippen MR) is 140 cm³/mol. The molecule has 1 fully saturated rings. The number of nitrogens with zero attached hydrogens (tertiary/aromatic N) is 5. The zero-order valence-electron chi connectivity index (χ0n) is 21.1. The minimum atomic E-state index is -0.184. The molecule has 6 nitrogen and oxygen atoms in total. The van der Waals surface area contributed by atoms with Crippen LogP contribution in [0.5, 0.6) is 0 Å². The topological polar surface area (TPSA) is 36.3 Å². The van der Waals surface area contributed by atoms with Gasteiger partial charge in [-0.15, -0.1) is 0 Å². The number of ether oxygens (including phenoxy) is 1. The van der Waals surface area contributed by atoms with Crippen LogP contribution in [0.15, 0.2) is 48.8 Å². The van der Waals surface area contributed by atoms with Crippen LogP contribution in [0.1, 0.15) is 32.8 Å². The maximum absolute atomic E-state index is 15.3. The molecule has 0 unspecified atom stereocenters. The van der Waals surface area contributed by atoms with E-state index in [-0.39, 0.29) is 5.82 Å². The molecule has 0 bridgehead atoms. The zero-order chi connectivity index (χ0) is 24.4. The highest BCUT2D eigenvalue weighted by Gasteiger charge is 2.21. The van der Waals surface area contributed by atoms with Crippen molar-refractivity contribution in [2.75, 3.05) is 57.5 Å². The summed E-state index contributed by atoms with van der Waals surface area (Å²) in [5.41, 5.74) is 5.85. The van der Waals surface area contributed by atoms with Crippen molar-refractivity contribution in [3.63, 3.8) is 0 Å². The number of hydrogen-bond acceptors (Lipinski definition) is 5. The molecule has 0 radical (unpaired) electrons. The van der Waals surface area contributed by atoms with E-state index in [9.17, 15) is 0 Å². The van der Waals surface area contributed by atoms with E-state index in [1.807, 2.05) is 29.9 Å². The fourth-order valence-corrected chi connectivity index (χ4v) is 5.12. The van der Waals surface area contributed by atoms with Crippen LogP contribution in [0, 0.1) is 5.82 Å². The molecule has 3 aromatic rings. The molecule has 2 aliphatic heterocycles. The number of hydrogen-bond donors (Lipinski definition) is 0. The largest absolute Gasteiger partial charge is 0.367 e. The van der Waals surface area contributed by atoms with Crippen molar-refractivity contribution in [3.8, 4) is 11.1 Å².